The Balaban J connectivity index is 2.11. The molecule has 1 saturated carbocycles. The highest BCUT2D eigenvalue weighted by Gasteiger charge is 2.31. The third-order valence-corrected chi connectivity index (χ3v) is 4.28. The maximum atomic E-state index is 12.1. The summed E-state index contributed by atoms with van der Waals surface area (Å²) in [7, 11) is 1.76. The summed E-state index contributed by atoms with van der Waals surface area (Å²) in [6.07, 6.45) is 4.43. The molecule has 1 aliphatic rings. The van der Waals surface area contributed by atoms with Crippen molar-refractivity contribution in [3.63, 3.8) is 0 Å². The summed E-state index contributed by atoms with van der Waals surface area (Å²) in [5, 5.41) is 6.64. The number of rotatable bonds is 3. The molecule has 1 amide bonds. The summed E-state index contributed by atoms with van der Waals surface area (Å²) < 4.78 is 0. The van der Waals surface area contributed by atoms with E-state index in [9.17, 15) is 4.79 Å². The fourth-order valence-corrected chi connectivity index (χ4v) is 2.95. The molecule has 0 aliphatic heterocycles. The average Bonchev–Trinajstić information content (AvgIpc) is 2.85. The first-order valence-corrected chi connectivity index (χ1v) is 6.62. The summed E-state index contributed by atoms with van der Waals surface area (Å²) in [5.74, 6) is 0.198. The average molecular weight is 254 g/mol. The number of hydrogen-bond donors (Lipinski definition) is 3. The smallest absolute Gasteiger partial charge is 0.265 e. The first-order valence-electron chi connectivity index (χ1n) is 5.81. The molecule has 1 aromatic heterocycles. The van der Waals surface area contributed by atoms with Crippen LogP contribution in [0, 0.1) is 0 Å². The van der Waals surface area contributed by atoms with Gasteiger partial charge in [0, 0.05) is 12.6 Å². The fraction of sp³-hybridized carbons (Fsp3) is 0.636. The van der Waals surface area contributed by atoms with Crippen molar-refractivity contribution in [1.29, 1.82) is 0 Å². The van der Waals surface area contributed by atoms with E-state index in [-0.39, 0.29) is 11.4 Å². The van der Waals surface area contributed by atoms with Crippen LogP contribution in [0.25, 0.3) is 0 Å². The number of carbonyl (C=O) groups excluding carboxylic acids is 1. The Morgan fingerprint density at radius 3 is 2.65 bits per heavy atom. The second-order valence-electron chi connectivity index (χ2n) is 4.71. The van der Waals surface area contributed by atoms with Gasteiger partial charge in [-0.2, -0.15) is 0 Å². The number of nitrogen functional groups attached to an aromatic ring is 1. The van der Waals surface area contributed by atoms with Crippen LogP contribution >= 0.6 is 11.3 Å². The van der Waals surface area contributed by atoms with Crippen molar-refractivity contribution in [2.75, 3.05) is 18.1 Å². The molecular weight excluding hydrogens is 236 g/mol. The van der Waals surface area contributed by atoms with E-state index in [2.05, 4.69) is 22.5 Å². The van der Waals surface area contributed by atoms with Crippen LogP contribution in [0.3, 0.4) is 0 Å². The van der Waals surface area contributed by atoms with E-state index in [4.69, 9.17) is 5.73 Å². The number of aromatic nitrogens is 1. The Morgan fingerprint density at radius 2 is 2.12 bits per heavy atom. The lowest BCUT2D eigenvalue weighted by molar-refractivity contribution is 0.0913. The maximum Gasteiger partial charge on any atom is 0.265 e. The molecule has 2 rings (SSSR count). The van der Waals surface area contributed by atoms with Crippen molar-refractivity contribution in [1.82, 2.24) is 10.3 Å². The van der Waals surface area contributed by atoms with Gasteiger partial charge in [-0.3, -0.25) is 4.79 Å². The van der Waals surface area contributed by atoms with E-state index >= 15 is 0 Å². The summed E-state index contributed by atoms with van der Waals surface area (Å²) in [6, 6.07) is 0. The van der Waals surface area contributed by atoms with Crippen molar-refractivity contribution in [2.45, 2.75) is 38.1 Å². The Kier molecular flexibility index (Phi) is 3.24. The van der Waals surface area contributed by atoms with Crippen LogP contribution in [0.4, 0.5) is 10.9 Å². The first-order chi connectivity index (χ1) is 8.04. The minimum absolute atomic E-state index is 0.0761. The van der Waals surface area contributed by atoms with Crippen molar-refractivity contribution >= 4 is 28.2 Å². The fourth-order valence-electron chi connectivity index (χ4n) is 2.21. The van der Waals surface area contributed by atoms with Crippen molar-refractivity contribution < 1.29 is 4.79 Å². The molecule has 0 bridgehead atoms. The molecule has 94 valence electrons. The molecule has 0 spiro atoms. The van der Waals surface area contributed by atoms with Crippen molar-refractivity contribution in [3.05, 3.63) is 4.88 Å². The zero-order valence-electron chi connectivity index (χ0n) is 10.2. The Labute approximate surface area is 105 Å². The van der Waals surface area contributed by atoms with Gasteiger partial charge in [0.25, 0.3) is 5.91 Å². The van der Waals surface area contributed by atoms with Crippen LogP contribution in [-0.4, -0.2) is 23.5 Å². The predicted molar refractivity (Wildman–Crippen MR) is 70.4 cm³/mol. The lowest BCUT2D eigenvalue weighted by Crippen LogP contribution is -2.43. The highest BCUT2D eigenvalue weighted by molar-refractivity contribution is 7.18. The SMILES string of the molecule is CNc1nc(N)c(C(=O)NC2(C)CCCC2)s1. The highest BCUT2D eigenvalue weighted by atomic mass is 32.1. The van der Waals surface area contributed by atoms with E-state index in [0.29, 0.717) is 15.8 Å². The van der Waals surface area contributed by atoms with Crippen molar-refractivity contribution in [2.24, 2.45) is 0 Å². The topological polar surface area (TPSA) is 80.0 Å². The number of hydrogen-bond acceptors (Lipinski definition) is 5. The minimum atomic E-state index is -0.106. The van der Waals surface area contributed by atoms with Crippen molar-refractivity contribution in [3.8, 4) is 0 Å². The van der Waals surface area contributed by atoms with Crippen LogP contribution in [0.5, 0.6) is 0 Å². The van der Waals surface area contributed by atoms with Gasteiger partial charge in [0.15, 0.2) is 5.13 Å². The van der Waals surface area contributed by atoms with Gasteiger partial charge < -0.3 is 16.4 Å². The second kappa shape index (κ2) is 4.52. The Bertz CT molecular complexity index is 423. The monoisotopic (exact) mass is 254 g/mol. The number of anilines is 2. The third kappa shape index (κ3) is 2.52. The molecule has 0 saturated heterocycles. The van der Waals surface area contributed by atoms with Gasteiger partial charge in [-0.15, -0.1) is 0 Å². The van der Waals surface area contributed by atoms with Crippen LogP contribution in [0.15, 0.2) is 0 Å². The molecule has 1 heterocycles. The Morgan fingerprint density at radius 1 is 1.47 bits per heavy atom. The number of amides is 1. The highest BCUT2D eigenvalue weighted by Crippen LogP contribution is 2.31. The zero-order chi connectivity index (χ0) is 12.5. The van der Waals surface area contributed by atoms with E-state index in [0.717, 1.165) is 12.8 Å². The van der Waals surface area contributed by atoms with E-state index in [1.54, 1.807) is 7.05 Å². The quantitative estimate of drug-likeness (QED) is 0.768. The molecule has 4 N–H and O–H groups in total. The first kappa shape index (κ1) is 12.2. The summed E-state index contributed by atoms with van der Waals surface area (Å²) in [6.45, 7) is 2.09. The summed E-state index contributed by atoms with van der Waals surface area (Å²) >= 11 is 1.29. The molecule has 1 fully saturated rings. The molecule has 1 aliphatic carbocycles. The Hall–Kier alpha value is -1.30. The molecule has 1 aromatic rings. The largest absolute Gasteiger partial charge is 0.382 e. The van der Waals surface area contributed by atoms with Crippen LogP contribution < -0.4 is 16.4 Å². The van der Waals surface area contributed by atoms with Crippen LogP contribution in [0.1, 0.15) is 42.3 Å². The molecular formula is C11H18N4OS. The zero-order valence-corrected chi connectivity index (χ0v) is 11.0. The standard InChI is InChI=1S/C11H18N4OS/c1-11(5-3-4-6-11)15-9(16)7-8(12)14-10(13-2)17-7/h3-6,12H2,1-2H3,(H,13,14)(H,15,16). The number of nitrogens with two attached hydrogens (primary N) is 1. The number of nitrogens with zero attached hydrogens (tertiary/aromatic N) is 1. The predicted octanol–water partition coefficient (Wildman–Crippen LogP) is 1.83. The lowest BCUT2D eigenvalue weighted by Gasteiger charge is -2.24. The van der Waals surface area contributed by atoms with E-state index in [1.807, 2.05) is 0 Å². The number of nitrogens with one attached hydrogen (secondary N) is 2. The van der Waals surface area contributed by atoms with Gasteiger partial charge in [-0.05, 0) is 19.8 Å². The lowest BCUT2D eigenvalue weighted by atomic mass is 10.0. The van der Waals surface area contributed by atoms with Gasteiger partial charge in [0.2, 0.25) is 0 Å². The molecule has 0 unspecified atom stereocenters. The summed E-state index contributed by atoms with van der Waals surface area (Å²) in [4.78, 5) is 16.7. The van der Waals surface area contributed by atoms with E-state index in [1.165, 1.54) is 24.2 Å². The molecule has 0 aromatic carbocycles. The van der Waals surface area contributed by atoms with Gasteiger partial charge in [-0.25, -0.2) is 4.98 Å². The van der Waals surface area contributed by atoms with E-state index < -0.39 is 0 Å². The maximum absolute atomic E-state index is 12.1. The molecule has 6 heteroatoms. The molecule has 0 atom stereocenters. The van der Waals surface area contributed by atoms with Crippen LogP contribution in [0.2, 0.25) is 0 Å². The molecule has 0 radical (unpaired) electrons. The number of carbonyl (C=O) groups is 1. The normalized spacial score (nSPS) is 18.0. The van der Waals surface area contributed by atoms with Gasteiger partial charge in [0.1, 0.15) is 10.7 Å². The van der Waals surface area contributed by atoms with Gasteiger partial charge >= 0.3 is 0 Å². The second-order valence-corrected chi connectivity index (χ2v) is 5.70. The molecule has 5 nitrogen and oxygen atoms in total. The molecule has 17 heavy (non-hydrogen) atoms. The van der Waals surface area contributed by atoms with Crippen LogP contribution in [-0.2, 0) is 0 Å². The minimum Gasteiger partial charge on any atom is -0.382 e. The number of thiazole rings is 1. The van der Waals surface area contributed by atoms with Gasteiger partial charge in [-0.1, -0.05) is 24.2 Å². The van der Waals surface area contributed by atoms with Gasteiger partial charge in [0.05, 0.1) is 0 Å². The summed E-state index contributed by atoms with van der Waals surface area (Å²) in [5.41, 5.74) is 5.66. The third-order valence-electron chi connectivity index (χ3n) is 3.20.